The minimum Gasteiger partial charge on any atom is -0.299 e. The van der Waals surface area contributed by atoms with E-state index < -0.39 is 22.5 Å². The molecule has 1 heterocycles. The molecule has 0 aliphatic heterocycles. The van der Waals surface area contributed by atoms with Crippen molar-refractivity contribution in [3.8, 4) is 0 Å². The van der Waals surface area contributed by atoms with Crippen LogP contribution in [0.25, 0.3) is 0 Å². The highest BCUT2D eigenvalue weighted by Crippen LogP contribution is 2.31. The molecular weight excluding hydrogens is 511 g/mol. The Bertz CT molecular complexity index is 1230. The topological polar surface area (TPSA) is 92.3 Å². The number of amides is 1. The van der Waals surface area contributed by atoms with E-state index in [-0.39, 0.29) is 25.8 Å². The number of rotatable bonds is 9. The molecule has 0 bridgehead atoms. The molecule has 1 N–H and O–H groups in total. The fraction of sp³-hybridized carbons (Fsp3) is 0.150. The first-order chi connectivity index (χ1) is 15.2. The van der Waals surface area contributed by atoms with E-state index in [4.69, 9.17) is 23.2 Å². The van der Waals surface area contributed by atoms with Crippen LogP contribution in [-0.4, -0.2) is 36.8 Å². The Kier molecular flexibility index (Phi) is 8.18. The third kappa shape index (κ3) is 6.02. The van der Waals surface area contributed by atoms with Gasteiger partial charge in [-0.05, 0) is 37.3 Å². The number of sulfonamides is 1. The molecule has 0 radical (unpaired) electrons. The third-order valence-electron chi connectivity index (χ3n) is 4.06. The minimum atomic E-state index is -4.07. The maximum atomic E-state index is 13.4. The van der Waals surface area contributed by atoms with Crippen LogP contribution in [0, 0.1) is 6.92 Å². The smallest absolute Gasteiger partial charge is 0.264 e. The highest BCUT2D eigenvalue weighted by Gasteiger charge is 2.28. The van der Waals surface area contributed by atoms with E-state index in [2.05, 4.69) is 22.1 Å². The summed E-state index contributed by atoms with van der Waals surface area (Å²) in [7, 11) is -4.07. The van der Waals surface area contributed by atoms with E-state index in [9.17, 15) is 13.2 Å². The van der Waals surface area contributed by atoms with Crippen LogP contribution in [0.4, 0.5) is 10.8 Å². The SMILES string of the molecule is C=CCSc1nnc(NC(=O)CN(c2ccc(Cl)c(Cl)c2)S(=O)(=O)c2ccc(C)cc2)s1. The average molecular weight is 529 g/mol. The van der Waals surface area contributed by atoms with Gasteiger partial charge >= 0.3 is 0 Å². The number of hydrogen-bond acceptors (Lipinski definition) is 7. The van der Waals surface area contributed by atoms with E-state index >= 15 is 0 Å². The van der Waals surface area contributed by atoms with Crippen molar-refractivity contribution >= 4 is 73.0 Å². The lowest BCUT2D eigenvalue weighted by atomic mass is 10.2. The first-order valence-electron chi connectivity index (χ1n) is 9.12. The van der Waals surface area contributed by atoms with Gasteiger partial charge in [-0.3, -0.25) is 14.4 Å². The van der Waals surface area contributed by atoms with E-state index in [1.807, 2.05) is 6.92 Å². The molecule has 3 rings (SSSR count). The molecule has 0 saturated heterocycles. The van der Waals surface area contributed by atoms with Crippen LogP contribution in [0.15, 0.2) is 64.4 Å². The Hall–Kier alpha value is -2.11. The largest absolute Gasteiger partial charge is 0.299 e. The summed E-state index contributed by atoms with van der Waals surface area (Å²) in [4.78, 5) is 12.8. The van der Waals surface area contributed by atoms with Gasteiger partial charge in [0.2, 0.25) is 11.0 Å². The van der Waals surface area contributed by atoms with Gasteiger partial charge in [-0.15, -0.1) is 16.8 Å². The van der Waals surface area contributed by atoms with Gasteiger partial charge < -0.3 is 0 Å². The fourth-order valence-corrected chi connectivity index (χ4v) is 5.77. The Morgan fingerprint density at radius 3 is 2.56 bits per heavy atom. The maximum Gasteiger partial charge on any atom is 0.264 e. The Morgan fingerprint density at radius 2 is 1.91 bits per heavy atom. The van der Waals surface area contributed by atoms with Gasteiger partial charge in [0.15, 0.2) is 4.34 Å². The number of aromatic nitrogens is 2. The molecule has 0 aliphatic rings. The van der Waals surface area contributed by atoms with Crippen LogP contribution >= 0.6 is 46.3 Å². The molecule has 7 nitrogen and oxygen atoms in total. The average Bonchev–Trinajstić information content (AvgIpc) is 3.20. The van der Waals surface area contributed by atoms with Crippen molar-refractivity contribution in [2.45, 2.75) is 16.2 Å². The molecule has 1 aromatic heterocycles. The molecule has 168 valence electrons. The van der Waals surface area contributed by atoms with Crippen LogP contribution in [0.5, 0.6) is 0 Å². The van der Waals surface area contributed by atoms with Gasteiger partial charge in [0, 0.05) is 5.75 Å². The summed E-state index contributed by atoms with van der Waals surface area (Å²) in [5.41, 5.74) is 1.11. The van der Waals surface area contributed by atoms with Gasteiger partial charge in [-0.1, -0.05) is 70.1 Å². The number of nitrogens with one attached hydrogen (secondary N) is 1. The normalized spacial score (nSPS) is 11.2. The summed E-state index contributed by atoms with van der Waals surface area (Å²) in [5.74, 6) is 0.0748. The summed E-state index contributed by atoms with van der Waals surface area (Å²) < 4.78 is 28.4. The third-order valence-corrected chi connectivity index (χ3v) is 8.56. The van der Waals surface area contributed by atoms with Gasteiger partial charge in [-0.2, -0.15) is 0 Å². The monoisotopic (exact) mass is 528 g/mol. The molecule has 0 aliphatic carbocycles. The van der Waals surface area contributed by atoms with E-state index in [0.717, 1.165) is 9.87 Å². The lowest BCUT2D eigenvalue weighted by Crippen LogP contribution is -2.38. The molecule has 0 saturated carbocycles. The second kappa shape index (κ2) is 10.7. The van der Waals surface area contributed by atoms with Crippen LogP contribution in [-0.2, 0) is 14.8 Å². The summed E-state index contributed by atoms with van der Waals surface area (Å²) in [6, 6.07) is 10.7. The van der Waals surface area contributed by atoms with Crippen molar-refractivity contribution in [1.29, 1.82) is 0 Å². The molecule has 3 aromatic rings. The maximum absolute atomic E-state index is 13.4. The second-order valence-corrected chi connectivity index (χ2v) is 11.4. The molecule has 0 spiro atoms. The van der Waals surface area contributed by atoms with Crippen molar-refractivity contribution in [1.82, 2.24) is 10.2 Å². The Labute approximate surface area is 204 Å². The van der Waals surface area contributed by atoms with Crippen molar-refractivity contribution < 1.29 is 13.2 Å². The molecule has 0 unspecified atom stereocenters. The molecule has 2 aromatic carbocycles. The molecular formula is C20H18Cl2N4O3S3. The number of carbonyl (C=O) groups is 1. The van der Waals surface area contributed by atoms with Crippen LogP contribution < -0.4 is 9.62 Å². The lowest BCUT2D eigenvalue weighted by molar-refractivity contribution is -0.114. The minimum absolute atomic E-state index is 0.0426. The summed E-state index contributed by atoms with van der Waals surface area (Å²) >= 11 is 14.7. The summed E-state index contributed by atoms with van der Waals surface area (Å²) in [6.45, 7) is 5.00. The number of thioether (sulfide) groups is 1. The fourth-order valence-electron chi connectivity index (χ4n) is 2.53. The Balaban J connectivity index is 1.89. The first kappa shape index (κ1) is 24.5. The number of aryl methyl sites for hydroxylation is 1. The van der Waals surface area contributed by atoms with Gasteiger partial charge in [0.1, 0.15) is 6.54 Å². The summed E-state index contributed by atoms with van der Waals surface area (Å²) in [6.07, 6.45) is 1.73. The van der Waals surface area contributed by atoms with Crippen molar-refractivity contribution in [2.75, 3.05) is 21.9 Å². The van der Waals surface area contributed by atoms with Crippen LogP contribution in [0.3, 0.4) is 0 Å². The predicted molar refractivity (Wildman–Crippen MR) is 132 cm³/mol. The zero-order valence-electron chi connectivity index (χ0n) is 16.8. The zero-order valence-corrected chi connectivity index (χ0v) is 20.7. The van der Waals surface area contributed by atoms with Gasteiger partial charge in [-0.25, -0.2) is 8.42 Å². The number of anilines is 2. The van der Waals surface area contributed by atoms with E-state index in [1.165, 1.54) is 53.4 Å². The number of hydrogen-bond donors (Lipinski definition) is 1. The molecule has 0 atom stereocenters. The van der Waals surface area contributed by atoms with E-state index in [0.29, 0.717) is 10.1 Å². The second-order valence-electron chi connectivity index (χ2n) is 6.44. The van der Waals surface area contributed by atoms with Crippen LogP contribution in [0.2, 0.25) is 10.0 Å². The number of halogens is 2. The number of nitrogens with zero attached hydrogens (tertiary/aromatic N) is 3. The first-order valence-corrected chi connectivity index (χ1v) is 13.1. The molecule has 12 heteroatoms. The molecule has 1 amide bonds. The van der Waals surface area contributed by atoms with Crippen molar-refractivity contribution in [3.05, 3.63) is 70.7 Å². The zero-order chi connectivity index (χ0) is 23.3. The number of benzene rings is 2. The summed E-state index contributed by atoms with van der Waals surface area (Å²) in [5, 5.41) is 11.2. The molecule has 0 fully saturated rings. The standard InChI is InChI=1S/C20H18Cl2N4O3S3/c1-3-10-30-20-25-24-19(31-20)23-18(27)12-26(14-6-9-16(21)17(22)11-14)32(28,29)15-7-4-13(2)5-8-15/h3-9,11H,1,10,12H2,2H3,(H,23,24,27). The van der Waals surface area contributed by atoms with Crippen molar-refractivity contribution in [3.63, 3.8) is 0 Å². The lowest BCUT2D eigenvalue weighted by Gasteiger charge is -2.24. The van der Waals surface area contributed by atoms with E-state index in [1.54, 1.807) is 18.2 Å². The van der Waals surface area contributed by atoms with Gasteiger partial charge in [0.05, 0.1) is 20.6 Å². The highest BCUT2D eigenvalue weighted by atomic mass is 35.5. The Morgan fingerprint density at radius 1 is 1.19 bits per heavy atom. The number of carbonyl (C=O) groups excluding carboxylic acids is 1. The quantitative estimate of drug-likeness (QED) is 0.231. The van der Waals surface area contributed by atoms with Gasteiger partial charge in [0.25, 0.3) is 10.0 Å². The predicted octanol–water partition coefficient (Wildman–Crippen LogP) is 5.27. The van der Waals surface area contributed by atoms with Crippen molar-refractivity contribution in [2.24, 2.45) is 0 Å². The van der Waals surface area contributed by atoms with Crippen LogP contribution in [0.1, 0.15) is 5.56 Å². The highest BCUT2D eigenvalue weighted by molar-refractivity contribution is 8.01. The molecule has 32 heavy (non-hydrogen) atoms.